The summed E-state index contributed by atoms with van der Waals surface area (Å²) in [5.74, 6) is 0.830. The lowest BCUT2D eigenvalue weighted by Gasteiger charge is -2.39. The molecule has 2 unspecified atom stereocenters. The molecule has 1 aliphatic carbocycles. The third kappa shape index (κ3) is 4.00. The number of rotatable bonds is 3. The summed E-state index contributed by atoms with van der Waals surface area (Å²) in [4.78, 5) is 0. The molecule has 1 aromatic rings. The minimum Gasteiger partial charge on any atom is -0.310 e. The van der Waals surface area contributed by atoms with Crippen molar-refractivity contribution in [2.24, 2.45) is 11.3 Å². The van der Waals surface area contributed by atoms with E-state index >= 15 is 0 Å². The lowest BCUT2D eigenvalue weighted by Crippen LogP contribution is -2.39. The molecule has 1 nitrogen and oxygen atoms in total. The second-order valence-corrected chi connectivity index (χ2v) is 7.05. The maximum Gasteiger partial charge on any atom is 0.0406 e. The van der Waals surface area contributed by atoms with E-state index in [1.54, 1.807) is 0 Å². The average molecular weight is 266 g/mol. The largest absolute Gasteiger partial charge is 0.310 e. The number of halogens is 1. The fourth-order valence-electron chi connectivity index (χ4n) is 3.37. The highest BCUT2D eigenvalue weighted by Gasteiger charge is 2.31. The second kappa shape index (κ2) is 5.63. The third-order valence-electron chi connectivity index (χ3n) is 3.90. The van der Waals surface area contributed by atoms with Gasteiger partial charge in [0.05, 0.1) is 0 Å². The van der Waals surface area contributed by atoms with Gasteiger partial charge in [0.2, 0.25) is 0 Å². The molecule has 1 N–H and O–H groups in total. The number of benzene rings is 1. The van der Waals surface area contributed by atoms with Crippen molar-refractivity contribution in [1.29, 1.82) is 0 Å². The molecule has 0 bridgehead atoms. The van der Waals surface area contributed by atoms with Crippen molar-refractivity contribution < 1.29 is 0 Å². The Morgan fingerprint density at radius 1 is 1.22 bits per heavy atom. The summed E-state index contributed by atoms with van der Waals surface area (Å²) in [5, 5.41) is 4.51. The quantitative estimate of drug-likeness (QED) is 0.839. The molecule has 1 saturated carbocycles. The van der Waals surface area contributed by atoms with Crippen LogP contribution in [0.1, 0.15) is 45.6 Å². The summed E-state index contributed by atoms with van der Waals surface area (Å²) >= 11 is 5.90. The Morgan fingerprint density at radius 2 is 1.89 bits per heavy atom. The van der Waals surface area contributed by atoms with E-state index in [-0.39, 0.29) is 0 Å². The zero-order valence-electron chi connectivity index (χ0n) is 11.7. The SMILES string of the molecule is CC1CC(NCc2ccc(Cl)cc2)CC(C)(C)C1. The molecule has 0 aromatic heterocycles. The highest BCUT2D eigenvalue weighted by atomic mass is 35.5. The molecule has 18 heavy (non-hydrogen) atoms. The first-order valence-electron chi connectivity index (χ1n) is 6.92. The molecular formula is C16H24ClN. The Morgan fingerprint density at radius 3 is 2.50 bits per heavy atom. The molecule has 0 radical (unpaired) electrons. The molecule has 0 amide bonds. The standard InChI is InChI=1S/C16H24ClN/c1-12-8-15(10-16(2,3)9-12)18-11-13-4-6-14(17)7-5-13/h4-7,12,15,18H,8-11H2,1-3H3. The molecular weight excluding hydrogens is 242 g/mol. The summed E-state index contributed by atoms with van der Waals surface area (Å²) in [5.41, 5.74) is 1.80. The van der Waals surface area contributed by atoms with Gasteiger partial charge in [-0.1, -0.05) is 44.5 Å². The van der Waals surface area contributed by atoms with Crippen LogP contribution in [0.2, 0.25) is 5.02 Å². The zero-order valence-corrected chi connectivity index (χ0v) is 12.4. The Bertz CT molecular complexity index is 383. The maximum absolute atomic E-state index is 5.90. The van der Waals surface area contributed by atoms with Gasteiger partial charge in [0.25, 0.3) is 0 Å². The van der Waals surface area contributed by atoms with Crippen LogP contribution in [0, 0.1) is 11.3 Å². The van der Waals surface area contributed by atoms with E-state index < -0.39 is 0 Å². The Kier molecular flexibility index (Phi) is 4.34. The van der Waals surface area contributed by atoms with Crippen molar-refractivity contribution in [3.63, 3.8) is 0 Å². The van der Waals surface area contributed by atoms with Crippen LogP contribution >= 0.6 is 11.6 Å². The summed E-state index contributed by atoms with van der Waals surface area (Å²) in [6.45, 7) is 8.10. The van der Waals surface area contributed by atoms with Crippen molar-refractivity contribution in [2.45, 2.75) is 52.6 Å². The second-order valence-electron chi connectivity index (χ2n) is 6.62. The van der Waals surface area contributed by atoms with Crippen molar-refractivity contribution in [3.05, 3.63) is 34.9 Å². The summed E-state index contributed by atoms with van der Waals surface area (Å²) in [6, 6.07) is 8.79. The highest BCUT2D eigenvalue weighted by Crippen LogP contribution is 2.38. The van der Waals surface area contributed by atoms with Crippen LogP contribution in [0.4, 0.5) is 0 Å². The van der Waals surface area contributed by atoms with Gasteiger partial charge in [0, 0.05) is 17.6 Å². The van der Waals surface area contributed by atoms with E-state index in [4.69, 9.17) is 11.6 Å². The molecule has 0 spiro atoms. The van der Waals surface area contributed by atoms with Crippen LogP contribution in [-0.2, 0) is 6.54 Å². The predicted octanol–water partition coefficient (Wildman–Crippen LogP) is 4.64. The van der Waals surface area contributed by atoms with Crippen LogP contribution < -0.4 is 5.32 Å². The van der Waals surface area contributed by atoms with Gasteiger partial charge in [0.1, 0.15) is 0 Å². The van der Waals surface area contributed by atoms with E-state index in [0.717, 1.165) is 17.5 Å². The maximum atomic E-state index is 5.90. The molecule has 1 aliphatic rings. The van der Waals surface area contributed by atoms with E-state index in [0.29, 0.717) is 11.5 Å². The van der Waals surface area contributed by atoms with Crippen LogP contribution in [0.5, 0.6) is 0 Å². The highest BCUT2D eigenvalue weighted by molar-refractivity contribution is 6.30. The number of nitrogens with one attached hydrogen (secondary N) is 1. The molecule has 2 atom stereocenters. The van der Waals surface area contributed by atoms with Gasteiger partial charge >= 0.3 is 0 Å². The average Bonchev–Trinajstić information content (AvgIpc) is 2.25. The minimum absolute atomic E-state index is 0.481. The van der Waals surface area contributed by atoms with Gasteiger partial charge in [0.15, 0.2) is 0 Å². The fraction of sp³-hybridized carbons (Fsp3) is 0.625. The minimum atomic E-state index is 0.481. The molecule has 0 aliphatic heterocycles. The molecule has 0 saturated heterocycles. The molecule has 100 valence electrons. The van der Waals surface area contributed by atoms with Gasteiger partial charge in [-0.3, -0.25) is 0 Å². The fourth-order valence-corrected chi connectivity index (χ4v) is 3.49. The molecule has 2 rings (SSSR count). The summed E-state index contributed by atoms with van der Waals surface area (Å²) < 4.78 is 0. The number of hydrogen-bond acceptors (Lipinski definition) is 1. The van der Waals surface area contributed by atoms with Gasteiger partial charge in [-0.2, -0.15) is 0 Å². The van der Waals surface area contributed by atoms with E-state index in [1.165, 1.54) is 24.8 Å². The van der Waals surface area contributed by atoms with E-state index in [1.807, 2.05) is 12.1 Å². The van der Waals surface area contributed by atoms with E-state index in [2.05, 4.69) is 38.2 Å². The normalized spacial score (nSPS) is 27.1. The van der Waals surface area contributed by atoms with Gasteiger partial charge in [-0.05, 0) is 48.3 Å². The topological polar surface area (TPSA) is 12.0 Å². The molecule has 1 fully saturated rings. The molecule has 0 heterocycles. The first kappa shape index (κ1) is 13.9. The van der Waals surface area contributed by atoms with Crippen molar-refractivity contribution in [2.75, 3.05) is 0 Å². The molecule has 1 aromatic carbocycles. The zero-order chi connectivity index (χ0) is 13.2. The molecule has 2 heteroatoms. The van der Waals surface area contributed by atoms with Crippen LogP contribution in [0.25, 0.3) is 0 Å². The number of hydrogen-bond donors (Lipinski definition) is 1. The predicted molar refractivity (Wildman–Crippen MR) is 78.9 cm³/mol. The van der Waals surface area contributed by atoms with E-state index in [9.17, 15) is 0 Å². The van der Waals surface area contributed by atoms with Crippen LogP contribution in [0.3, 0.4) is 0 Å². The Hall–Kier alpha value is -0.530. The van der Waals surface area contributed by atoms with Crippen LogP contribution in [0.15, 0.2) is 24.3 Å². The van der Waals surface area contributed by atoms with Crippen molar-refractivity contribution in [3.8, 4) is 0 Å². The first-order valence-corrected chi connectivity index (χ1v) is 7.30. The Balaban J connectivity index is 1.88. The summed E-state index contributed by atoms with van der Waals surface area (Å²) in [6.07, 6.45) is 3.94. The monoisotopic (exact) mass is 265 g/mol. The third-order valence-corrected chi connectivity index (χ3v) is 4.15. The Labute approximate surface area is 116 Å². The lowest BCUT2D eigenvalue weighted by molar-refractivity contribution is 0.151. The van der Waals surface area contributed by atoms with Crippen molar-refractivity contribution in [1.82, 2.24) is 5.32 Å². The lowest BCUT2D eigenvalue weighted by atomic mass is 9.70. The first-order chi connectivity index (χ1) is 8.44. The van der Waals surface area contributed by atoms with Gasteiger partial charge < -0.3 is 5.32 Å². The van der Waals surface area contributed by atoms with Gasteiger partial charge in [-0.25, -0.2) is 0 Å². The van der Waals surface area contributed by atoms with Crippen LogP contribution in [-0.4, -0.2) is 6.04 Å². The summed E-state index contributed by atoms with van der Waals surface area (Å²) in [7, 11) is 0. The smallest absolute Gasteiger partial charge is 0.0406 e. The van der Waals surface area contributed by atoms with Gasteiger partial charge in [-0.15, -0.1) is 0 Å². The van der Waals surface area contributed by atoms with Crippen molar-refractivity contribution >= 4 is 11.6 Å².